The highest BCUT2D eigenvalue weighted by Crippen LogP contribution is 2.22. The molecule has 0 saturated carbocycles. The van der Waals surface area contributed by atoms with Gasteiger partial charge in [0.15, 0.2) is 5.96 Å². The third kappa shape index (κ3) is 5.13. The summed E-state index contributed by atoms with van der Waals surface area (Å²) in [6, 6.07) is 2.01. The molecule has 0 unspecified atom stereocenters. The highest BCUT2D eigenvalue weighted by Gasteiger charge is 2.15. The summed E-state index contributed by atoms with van der Waals surface area (Å²) in [7, 11) is 4.11. The van der Waals surface area contributed by atoms with Gasteiger partial charge in [0.25, 0.3) is 0 Å². The first-order valence-corrected chi connectivity index (χ1v) is 9.51. The van der Waals surface area contributed by atoms with Crippen LogP contribution in [-0.2, 0) is 13.6 Å². The lowest BCUT2D eigenvalue weighted by molar-refractivity contribution is 0.450. The van der Waals surface area contributed by atoms with E-state index in [2.05, 4.69) is 40.5 Å². The summed E-state index contributed by atoms with van der Waals surface area (Å²) in [4.78, 5) is 7.02. The highest BCUT2D eigenvalue weighted by atomic mass is 35.5. The molecule has 1 aliphatic heterocycles. The number of rotatable bonds is 5. The average Bonchev–Trinajstić information content (AvgIpc) is 2.82. The van der Waals surface area contributed by atoms with E-state index in [1.165, 1.54) is 30.0 Å². The zero-order valence-electron chi connectivity index (χ0n) is 13.8. The van der Waals surface area contributed by atoms with Crippen LogP contribution in [0.3, 0.4) is 0 Å². The van der Waals surface area contributed by atoms with E-state index in [1.54, 1.807) is 0 Å². The topological polar surface area (TPSA) is 32.6 Å². The van der Waals surface area contributed by atoms with Gasteiger partial charge in [0.05, 0.1) is 11.6 Å². The van der Waals surface area contributed by atoms with Gasteiger partial charge in [-0.2, -0.15) is 11.8 Å². The van der Waals surface area contributed by atoms with Crippen molar-refractivity contribution < 1.29 is 0 Å². The second kappa shape index (κ2) is 8.73. The fourth-order valence-corrected chi connectivity index (χ4v) is 4.13. The van der Waals surface area contributed by atoms with Crippen molar-refractivity contribution >= 4 is 29.3 Å². The molecule has 0 radical (unpaired) electrons. The molecule has 4 nitrogen and oxygen atoms in total. The van der Waals surface area contributed by atoms with Gasteiger partial charge in [-0.25, -0.2) is 0 Å². The van der Waals surface area contributed by atoms with Crippen molar-refractivity contribution in [1.82, 2.24) is 14.8 Å². The summed E-state index contributed by atoms with van der Waals surface area (Å²) in [6.45, 7) is 4.73. The number of guanidine groups is 1. The van der Waals surface area contributed by atoms with Gasteiger partial charge in [-0.3, -0.25) is 4.99 Å². The molecule has 1 aliphatic rings. The number of hydrogen-bond acceptors (Lipinski definition) is 2. The van der Waals surface area contributed by atoms with Crippen molar-refractivity contribution in [1.29, 1.82) is 0 Å². The minimum Gasteiger partial charge on any atom is -0.357 e. The minimum absolute atomic E-state index is 0.743. The molecule has 0 aliphatic carbocycles. The summed E-state index contributed by atoms with van der Waals surface area (Å²) in [5.74, 6) is 4.30. The van der Waals surface area contributed by atoms with E-state index >= 15 is 0 Å². The Kier molecular flexibility index (Phi) is 6.96. The molecule has 0 aromatic carbocycles. The molecule has 1 fully saturated rings. The van der Waals surface area contributed by atoms with E-state index in [1.807, 2.05) is 19.3 Å². The maximum absolute atomic E-state index is 6.07. The van der Waals surface area contributed by atoms with Gasteiger partial charge in [-0.15, -0.1) is 0 Å². The number of nitrogens with zero attached hydrogens (tertiary/aromatic N) is 3. The van der Waals surface area contributed by atoms with Crippen LogP contribution in [0.4, 0.5) is 0 Å². The van der Waals surface area contributed by atoms with Crippen molar-refractivity contribution in [3.05, 3.63) is 23.0 Å². The summed E-state index contributed by atoms with van der Waals surface area (Å²) >= 11 is 8.13. The maximum atomic E-state index is 6.07. The number of thioether (sulfide) groups is 1. The molecule has 2 rings (SSSR count). The predicted molar refractivity (Wildman–Crippen MR) is 97.9 cm³/mol. The Morgan fingerprint density at radius 2 is 2.23 bits per heavy atom. The van der Waals surface area contributed by atoms with Crippen LogP contribution in [0.5, 0.6) is 0 Å². The first-order valence-electron chi connectivity index (χ1n) is 7.98. The first kappa shape index (κ1) is 17.5. The third-order valence-electron chi connectivity index (χ3n) is 4.01. The van der Waals surface area contributed by atoms with Gasteiger partial charge in [0.1, 0.15) is 0 Å². The average molecular weight is 343 g/mol. The smallest absolute Gasteiger partial charge is 0.194 e. The van der Waals surface area contributed by atoms with Gasteiger partial charge in [-0.05, 0) is 43.3 Å². The third-order valence-corrected chi connectivity index (χ3v) is 5.27. The Morgan fingerprint density at radius 3 is 2.82 bits per heavy atom. The normalized spacial score (nSPS) is 16.8. The Hall–Kier alpha value is -0.810. The predicted octanol–water partition coefficient (Wildman–Crippen LogP) is 3.22. The zero-order chi connectivity index (χ0) is 15.9. The molecule has 0 bridgehead atoms. The van der Waals surface area contributed by atoms with E-state index in [-0.39, 0.29) is 0 Å². The van der Waals surface area contributed by atoms with E-state index in [0.29, 0.717) is 0 Å². The molecule has 1 aromatic heterocycles. The minimum atomic E-state index is 0.743. The van der Waals surface area contributed by atoms with Crippen molar-refractivity contribution in [3.63, 3.8) is 0 Å². The van der Waals surface area contributed by atoms with Gasteiger partial charge in [0.2, 0.25) is 0 Å². The number of aliphatic imine (C=N–C) groups is 1. The molecule has 0 amide bonds. The van der Waals surface area contributed by atoms with E-state index in [0.717, 1.165) is 36.5 Å². The number of aromatic nitrogens is 1. The largest absolute Gasteiger partial charge is 0.357 e. The SMILES string of the molecule is CCNC(=NCC1CCSCC1)N(C)Cc1cc(Cl)cn1C. The molecule has 1 aromatic rings. The highest BCUT2D eigenvalue weighted by molar-refractivity contribution is 7.99. The Labute approximate surface area is 143 Å². The van der Waals surface area contributed by atoms with E-state index in [9.17, 15) is 0 Å². The number of nitrogens with one attached hydrogen (secondary N) is 1. The van der Waals surface area contributed by atoms with Crippen LogP contribution in [0.15, 0.2) is 17.3 Å². The summed E-state index contributed by atoms with van der Waals surface area (Å²) in [6.07, 6.45) is 4.53. The summed E-state index contributed by atoms with van der Waals surface area (Å²) in [5, 5.41) is 4.18. The van der Waals surface area contributed by atoms with Crippen molar-refractivity contribution in [2.24, 2.45) is 18.0 Å². The molecule has 1 N–H and O–H groups in total. The molecule has 22 heavy (non-hydrogen) atoms. The molecule has 2 heterocycles. The van der Waals surface area contributed by atoms with Crippen molar-refractivity contribution in [3.8, 4) is 0 Å². The van der Waals surface area contributed by atoms with Crippen LogP contribution in [0, 0.1) is 5.92 Å². The molecular weight excluding hydrogens is 316 g/mol. The fraction of sp³-hybridized carbons (Fsp3) is 0.688. The number of aryl methyl sites for hydroxylation is 1. The lowest BCUT2D eigenvalue weighted by atomic mass is 10.0. The van der Waals surface area contributed by atoms with Gasteiger partial charge < -0.3 is 14.8 Å². The fourth-order valence-electron chi connectivity index (χ4n) is 2.66. The summed E-state index contributed by atoms with van der Waals surface area (Å²) in [5.41, 5.74) is 1.19. The maximum Gasteiger partial charge on any atom is 0.194 e. The number of hydrogen-bond donors (Lipinski definition) is 1. The summed E-state index contributed by atoms with van der Waals surface area (Å²) < 4.78 is 2.07. The van der Waals surface area contributed by atoms with Crippen LogP contribution < -0.4 is 5.32 Å². The van der Waals surface area contributed by atoms with Gasteiger partial charge in [-0.1, -0.05) is 11.6 Å². The zero-order valence-corrected chi connectivity index (χ0v) is 15.4. The van der Waals surface area contributed by atoms with E-state index < -0.39 is 0 Å². The van der Waals surface area contributed by atoms with Crippen LogP contribution in [0.2, 0.25) is 5.02 Å². The lowest BCUT2D eigenvalue weighted by Crippen LogP contribution is -2.39. The Bertz CT molecular complexity index is 494. The quantitative estimate of drug-likeness (QED) is 0.658. The van der Waals surface area contributed by atoms with Gasteiger partial charge >= 0.3 is 0 Å². The molecule has 6 heteroatoms. The Morgan fingerprint density at radius 1 is 1.50 bits per heavy atom. The van der Waals surface area contributed by atoms with Crippen LogP contribution in [0.1, 0.15) is 25.5 Å². The molecule has 0 spiro atoms. The lowest BCUT2D eigenvalue weighted by Gasteiger charge is -2.24. The second-order valence-corrected chi connectivity index (χ2v) is 7.53. The Balaban J connectivity index is 1.97. The standard InChI is InChI=1S/C16H27ClN4S/c1-4-18-16(19-10-13-5-7-22-8-6-13)21(3)12-15-9-14(17)11-20(15)2/h9,11,13H,4-8,10,12H2,1-3H3,(H,18,19). The van der Waals surface area contributed by atoms with Crippen LogP contribution in [-0.4, -0.2) is 47.1 Å². The van der Waals surface area contributed by atoms with Crippen LogP contribution >= 0.6 is 23.4 Å². The van der Waals surface area contributed by atoms with Crippen molar-refractivity contribution in [2.75, 3.05) is 31.6 Å². The van der Waals surface area contributed by atoms with Crippen LogP contribution in [0.25, 0.3) is 0 Å². The molecule has 0 atom stereocenters. The van der Waals surface area contributed by atoms with Crippen molar-refractivity contribution in [2.45, 2.75) is 26.3 Å². The second-order valence-electron chi connectivity index (χ2n) is 5.87. The first-order chi connectivity index (χ1) is 10.6. The molecular formula is C16H27ClN4S. The molecule has 124 valence electrons. The van der Waals surface area contributed by atoms with E-state index in [4.69, 9.17) is 16.6 Å². The molecule has 1 saturated heterocycles. The number of halogens is 1. The monoisotopic (exact) mass is 342 g/mol. The van der Waals surface area contributed by atoms with Gasteiger partial charge in [0, 0.05) is 39.1 Å².